The Hall–Kier alpha value is 1.36. The second-order valence-corrected chi connectivity index (χ2v) is 24.5. The molecule has 4 atom stereocenters. The third-order valence-electron chi connectivity index (χ3n) is 9.58. The van der Waals surface area contributed by atoms with Crippen molar-refractivity contribution in [3.63, 3.8) is 0 Å². The molecule has 0 aliphatic rings. The minimum Gasteiger partial charge on any atom is -0.254 e. The zero-order valence-corrected chi connectivity index (χ0v) is 46.2. The van der Waals surface area contributed by atoms with E-state index in [0.29, 0.717) is 25.7 Å². The van der Waals surface area contributed by atoms with Gasteiger partial charge >= 0.3 is 0 Å². The van der Waals surface area contributed by atoms with Crippen LogP contribution >= 0.6 is 37.9 Å². The van der Waals surface area contributed by atoms with Crippen LogP contribution in [0.15, 0.2) is 0 Å². The average Bonchev–Trinajstić information content (AvgIpc) is 3.22. The number of unbranched alkanes of at least 4 members (excludes halogenated alkanes) is 28. The van der Waals surface area contributed by atoms with Crippen LogP contribution in [-0.4, -0.2) is 56.7 Å². The molecule has 0 spiro atoms. The van der Waals surface area contributed by atoms with Gasteiger partial charge in [0, 0.05) is 37.9 Å². The maximum absolute atomic E-state index is 10.9. The maximum Gasteiger partial charge on any atom is 0.269 e. The highest BCUT2D eigenvalue weighted by Gasteiger charge is 2.09. The van der Waals surface area contributed by atoms with Crippen molar-refractivity contribution in [2.75, 3.05) is 23.0 Å². The zero-order chi connectivity index (χ0) is 46.3. The van der Waals surface area contributed by atoms with Crippen LogP contribution in [0, 0.1) is 0 Å². The number of hydrogen-bond donors (Lipinski definition) is 0. The van der Waals surface area contributed by atoms with E-state index in [9.17, 15) is 33.7 Å². The van der Waals surface area contributed by atoms with E-state index in [1.54, 1.807) is 37.9 Å². The molecule has 0 aromatic heterocycles. The molecule has 0 saturated carbocycles. The summed E-state index contributed by atoms with van der Waals surface area (Å²) < 4.78 is 105. The fourth-order valence-corrected chi connectivity index (χ4v) is 9.61. The summed E-state index contributed by atoms with van der Waals surface area (Å²) in [5, 5.41) is 0. The van der Waals surface area contributed by atoms with Gasteiger partial charge in [0.05, 0.1) is 23.0 Å². The Bertz CT molecular complexity index is 1110. The lowest BCUT2D eigenvalue weighted by atomic mass is 10.1. The van der Waals surface area contributed by atoms with Crippen molar-refractivity contribution in [1.82, 2.24) is 0 Å². The molecule has 4 unspecified atom stereocenters. The van der Waals surface area contributed by atoms with Gasteiger partial charge in [-0.1, -0.05) is 207 Å². The third-order valence-corrected chi connectivity index (χ3v) is 17.4. The van der Waals surface area contributed by atoms with Crippen molar-refractivity contribution in [2.24, 2.45) is 0 Å². The van der Waals surface area contributed by atoms with Gasteiger partial charge in [0.25, 0.3) is 40.5 Å². The van der Waals surface area contributed by atoms with Crippen molar-refractivity contribution in [3.05, 3.63) is 0 Å². The van der Waals surface area contributed by atoms with E-state index in [4.69, 9.17) is 0 Å². The molecular weight excluding hydrogens is 925 g/mol. The summed E-state index contributed by atoms with van der Waals surface area (Å²) in [5.74, 6) is 0.577. The van der Waals surface area contributed by atoms with E-state index in [-0.39, 0.29) is 23.0 Å². The molecule has 60 heavy (non-hydrogen) atoms. The summed E-state index contributed by atoms with van der Waals surface area (Å²) in [7, 11) is -5.88. The fraction of sp³-hybridized carbons (Fsp3) is 1.00. The molecule has 0 amide bonds. The van der Waals surface area contributed by atoms with Gasteiger partial charge in [-0.15, -0.1) is 0 Å². The molecule has 20 heteroatoms. The van der Waals surface area contributed by atoms with Gasteiger partial charge in [-0.2, -0.15) is 33.7 Å². The Kier molecular flexibility index (Phi) is 56.4. The smallest absolute Gasteiger partial charge is 0.254 e. The zero-order valence-electron chi connectivity index (χ0n) is 38.3. The predicted molar refractivity (Wildman–Crippen MR) is 269 cm³/mol. The molecule has 0 aromatic carbocycles. The van der Waals surface area contributed by atoms with Crippen molar-refractivity contribution >= 4 is 78.3 Å². The van der Waals surface area contributed by atoms with E-state index >= 15 is 0 Å². The van der Waals surface area contributed by atoms with Crippen LogP contribution in [0.4, 0.5) is 0 Å². The van der Waals surface area contributed by atoms with Crippen LogP contribution in [0.3, 0.4) is 0 Å². The quantitative estimate of drug-likeness (QED) is 0.0420. The Balaban J connectivity index is -0.000000348. The lowest BCUT2D eigenvalue weighted by Crippen LogP contribution is -2.04. The largest absolute Gasteiger partial charge is 0.269 e. The molecule has 0 rings (SSSR count). The van der Waals surface area contributed by atoms with Crippen LogP contribution in [-0.2, 0) is 56.4 Å². The van der Waals surface area contributed by atoms with Crippen LogP contribution in [0.1, 0.15) is 233 Å². The highest BCUT2D eigenvalue weighted by molar-refractivity contribution is 7.89. The van der Waals surface area contributed by atoms with Crippen LogP contribution in [0.5, 0.6) is 0 Å². The maximum atomic E-state index is 10.9. The van der Waals surface area contributed by atoms with E-state index in [0.717, 1.165) is 51.4 Å². The second kappa shape index (κ2) is 49.8. The minimum atomic E-state index is -3.26. The number of hydrogen-bond acceptors (Lipinski definition) is 12. The van der Waals surface area contributed by atoms with Crippen molar-refractivity contribution in [2.45, 2.75) is 233 Å². The molecule has 12 nitrogen and oxygen atoms in total. The first kappa shape index (κ1) is 67.9. The number of rotatable bonds is 40. The lowest BCUT2D eigenvalue weighted by Gasteiger charge is -2.01. The summed E-state index contributed by atoms with van der Waals surface area (Å²) >= 11 is 0. The molecule has 0 aromatic rings. The first-order chi connectivity index (χ1) is 28.5. The van der Waals surface area contributed by atoms with E-state index in [1.165, 1.54) is 128 Å². The van der Waals surface area contributed by atoms with E-state index < -0.39 is 40.5 Å². The normalized spacial score (nSPS) is 11.9. The first-order valence-electron chi connectivity index (χ1n) is 22.9. The van der Waals surface area contributed by atoms with Gasteiger partial charge in [0.2, 0.25) is 0 Å². The van der Waals surface area contributed by atoms with Gasteiger partial charge in [-0.25, -0.2) is 0 Å². The summed E-state index contributed by atoms with van der Waals surface area (Å²) in [6.45, 7) is 8.81. The van der Waals surface area contributed by atoms with Gasteiger partial charge < -0.3 is 0 Å². The Morgan fingerprint density at radius 1 is 0.233 bits per heavy atom. The highest BCUT2D eigenvalue weighted by atomic mass is 32.2. The molecule has 0 saturated heterocycles. The third kappa shape index (κ3) is 61.4. The Morgan fingerprint density at radius 2 is 0.350 bits per heavy atom. The minimum absolute atomic E-state index is 0.144. The van der Waals surface area contributed by atoms with Crippen molar-refractivity contribution in [3.8, 4) is 0 Å². The fourth-order valence-electron chi connectivity index (χ4n) is 5.84. The molecule has 0 bridgehead atoms. The monoisotopic (exact) mass is 1020 g/mol. The van der Waals surface area contributed by atoms with E-state index in [1.807, 2.05) is 0 Å². The molecular formula is C40H92O12P4S4. The molecule has 0 heterocycles. The van der Waals surface area contributed by atoms with E-state index in [2.05, 4.69) is 43.6 Å². The van der Waals surface area contributed by atoms with Gasteiger partial charge in [0.1, 0.15) is 0 Å². The van der Waals surface area contributed by atoms with Gasteiger partial charge in [-0.05, 0) is 25.7 Å². The predicted octanol–water partition coefficient (Wildman–Crippen LogP) is 13.1. The summed E-state index contributed by atoms with van der Waals surface area (Å²) in [6.07, 6.45) is 36.9. The van der Waals surface area contributed by atoms with Crippen molar-refractivity contribution < 1.29 is 49.6 Å². The van der Waals surface area contributed by atoms with Gasteiger partial charge in [0.15, 0.2) is 0 Å². The second-order valence-electron chi connectivity index (χ2n) is 15.3. The molecule has 0 aliphatic heterocycles. The topological polar surface area (TPSA) is 173 Å². The lowest BCUT2D eigenvalue weighted by molar-refractivity contribution is 0.509. The summed E-state index contributed by atoms with van der Waals surface area (Å²) in [4.78, 5) is 0. The molecule has 368 valence electrons. The summed E-state index contributed by atoms with van der Waals surface area (Å²) in [6, 6.07) is 0. The van der Waals surface area contributed by atoms with Gasteiger partial charge in [-0.3, -0.25) is 15.9 Å². The first-order valence-corrected chi connectivity index (χ1v) is 31.1. The van der Waals surface area contributed by atoms with Crippen molar-refractivity contribution in [1.29, 1.82) is 0 Å². The summed E-state index contributed by atoms with van der Waals surface area (Å²) in [5.41, 5.74) is 0. The molecule has 0 aliphatic carbocycles. The average molecular weight is 1020 g/mol. The molecule has 0 fully saturated rings. The highest BCUT2D eigenvalue weighted by Crippen LogP contribution is 2.14. The molecule has 0 radical (unpaired) electrons. The van der Waals surface area contributed by atoms with Crippen LogP contribution in [0.2, 0.25) is 0 Å². The van der Waals surface area contributed by atoms with Crippen LogP contribution in [0.25, 0.3) is 0 Å². The molecule has 0 N–H and O–H groups in total. The standard InChI is InChI=1S/4C10H23O3PS/c4*1-2-3-4-5-6-7-8-9-10-15(11,12)13-14/h4*2-10,14H2,1H3. The Morgan fingerprint density at radius 3 is 0.467 bits per heavy atom. The van der Waals surface area contributed by atoms with Crippen LogP contribution < -0.4 is 0 Å². The SMILES string of the molecule is CCCCCCCCCCS(=O)(=O)OP.CCCCCCCCCCS(=O)(=O)OP.CCCCCCCCCCS(=O)(=O)OP.CCCCCCCCCCS(=O)(=O)OP. The Labute approximate surface area is 381 Å².